The number of methoxy groups -OCH3 is 1. The highest BCUT2D eigenvalue weighted by atomic mass is 16.5. The summed E-state index contributed by atoms with van der Waals surface area (Å²) in [6, 6.07) is 29.1. The number of fused-ring (bicyclic) bond motifs is 1. The maximum atomic E-state index is 13.6. The summed E-state index contributed by atoms with van der Waals surface area (Å²) in [5.74, 6) is 0.491. The van der Waals surface area contributed by atoms with Crippen LogP contribution in [0.5, 0.6) is 5.75 Å². The second kappa shape index (κ2) is 10.0. The first-order valence-corrected chi connectivity index (χ1v) is 10.8. The van der Waals surface area contributed by atoms with E-state index in [2.05, 4.69) is 29.6 Å². The summed E-state index contributed by atoms with van der Waals surface area (Å²) in [4.78, 5) is 26.9. The smallest absolute Gasteiger partial charge is 0.254 e. The summed E-state index contributed by atoms with van der Waals surface area (Å²) in [5.41, 5.74) is 3.20. The molecule has 0 aliphatic rings. The van der Waals surface area contributed by atoms with Crippen LogP contribution in [-0.2, 0) is 17.9 Å². The highest BCUT2D eigenvalue weighted by molar-refractivity contribution is 5.97. The van der Waals surface area contributed by atoms with Crippen molar-refractivity contribution in [2.45, 2.75) is 20.0 Å². The first-order valence-electron chi connectivity index (χ1n) is 10.8. The lowest BCUT2D eigenvalue weighted by atomic mass is 10.0. The summed E-state index contributed by atoms with van der Waals surface area (Å²) in [7, 11) is 1.63. The van der Waals surface area contributed by atoms with Crippen molar-refractivity contribution in [1.82, 2.24) is 4.90 Å². The van der Waals surface area contributed by atoms with Crippen molar-refractivity contribution >= 4 is 28.3 Å². The molecule has 0 aliphatic heterocycles. The van der Waals surface area contributed by atoms with E-state index in [1.54, 1.807) is 31.4 Å². The van der Waals surface area contributed by atoms with Gasteiger partial charge < -0.3 is 15.0 Å². The van der Waals surface area contributed by atoms with E-state index in [0.717, 1.165) is 27.6 Å². The van der Waals surface area contributed by atoms with E-state index >= 15 is 0 Å². The van der Waals surface area contributed by atoms with Crippen LogP contribution in [0.3, 0.4) is 0 Å². The maximum absolute atomic E-state index is 13.6. The molecule has 2 amide bonds. The van der Waals surface area contributed by atoms with Gasteiger partial charge in [0.2, 0.25) is 5.91 Å². The summed E-state index contributed by atoms with van der Waals surface area (Å²) in [6.07, 6.45) is 0. The van der Waals surface area contributed by atoms with Crippen molar-refractivity contribution in [3.63, 3.8) is 0 Å². The third kappa shape index (κ3) is 5.39. The Morgan fingerprint density at radius 3 is 2.33 bits per heavy atom. The molecule has 5 heteroatoms. The fourth-order valence-corrected chi connectivity index (χ4v) is 3.90. The Morgan fingerprint density at radius 2 is 1.58 bits per heavy atom. The Balaban J connectivity index is 1.68. The van der Waals surface area contributed by atoms with Gasteiger partial charge in [-0.25, -0.2) is 0 Å². The molecule has 4 aromatic carbocycles. The van der Waals surface area contributed by atoms with Gasteiger partial charge in [0.1, 0.15) is 5.75 Å². The van der Waals surface area contributed by atoms with Crippen molar-refractivity contribution < 1.29 is 14.3 Å². The van der Waals surface area contributed by atoms with E-state index in [4.69, 9.17) is 4.74 Å². The summed E-state index contributed by atoms with van der Waals surface area (Å²) < 4.78 is 5.26. The van der Waals surface area contributed by atoms with Crippen molar-refractivity contribution in [2.24, 2.45) is 0 Å². The molecule has 0 saturated heterocycles. The molecule has 0 unspecified atom stereocenters. The van der Waals surface area contributed by atoms with Crippen LogP contribution in [0.25, 0.3) is 10.8 Å². The molecule has 4 aromatic rings. The Hall–Kier alpha value is -4.12. The quantitative estimate of drug-likeness (QED) is 0.406. The normalized spacial score (nSPS) is 10.6. The molecule has 0 aromatic heterocycles. The number of nitrogens with zero attached hydrogens (tertiary/aromatic N) is 1. The van der Waals surface area contributed by atoms with Crippen molar-refractivity contribution in [3.8, 4) is 5.75 Å². The first kappa shape index (κ1) is 22.1. The van der Waals surface area contributed by atoms with Gasteiger partial charge >= 0.3 is 0 Å². The number of ether oxygens (including phenoxy) is 1. The highest BCUT2D eigenvalue weighted by Crippen LogP contribution is 2.23. The lowest BCUT2D eigenvalue weighted by Gasteiger charge is -2.24. The molecular weight excluding hydrogens is 412 g/mol. The molecule has 5 nitrogen and oxygen atoms in total. The third-order valence-electron chi connectivity index (χ3n) is 5.49. The maximum Gasteiger partial charge on any atom is 0.254 e. The number of hydrogen-bond acceptors (Lipinski definition) is 3. The minimum Gasteiger partial charge on any atom is -0.497 e. The lowest BCUT2D eigenvalue weighted by molar-refractivity contribution is -0.114. The van der Waals surface area contributed by atoms with Gasteiger partial charge in [-0.1, -0.05) is 60.7 Å². The number of rotatable bonds is 7. The second-order valence-electron chi connectivity index (χ2n) is 7.91. The molecule has 0 radical (unpaired) electrons. The van der Waals surface area contributed by atoms with Crippen molar-refractivity contribution in [2.75, 3.05) is 12.4 Å². The van der Waals surface area contributed by atoms with Gasteiger partial charge in [0, 0.05) is 31.3 Å². The summed E-state index contributed by atoms with van der Waals surface area (Å²) in [6.45, 7) is 2.35. The van der Waals surface area contributed by atoms with Gasteiger partial charge in [-0.05, 0) is 52.2 Å². The van der Waals surface area contributed by atoms with Crippen LogP contribution in [0.15, 0.2) is 91.0 Å². The molecule has 0 aliphatic carbocycles. The molecule has 0 heterocycles. The van der Waals surface area contributed by atoms with Crippen LogP contribution < -0.4 is 10.1 Å². The second-order valence-corrected chi connectivity index (χ2v) is 7.91. The summed E-state index contributed by atoms with van der Waals surface area (Å²) in [5, 5.41) is 5.01. The minimum absolute atomic E-state index is 0.106. The Bertz CT molecular complexity index is 1280. The number of carbonyl (C=O) groups is 2. The SMILES string of the molecule is COc1ccc(CN(Cc2cccc3ccccc23)C(=O)c2cccc(NC(C)=O)c2)cc1. The topological polar surface area (TPSA) is 58.6 Å². The molecular formula is C28H26N2O3. The van der Waals surface area contributed by atoms with Crippen LogP contribution in [0.1, 0.15) is 28.4 Å². The number of nitrogens with one attached hydrogen (secondary N) is 1. The number of carbonyl (C=O) groups excluding carboxylic acids is 2. The molecule has 0 bridgehead atoms. The van der Waals surface area contributed by atoms with Crippen molar-refractivity contribution in [3.05, 3.63) is 108 Å². The zero-order valence-electron chi connectivity index (χ0n) is 18.7. The van der Waals surface area contributed by atoms with E-state index in [1.165, 1.54) is 6.92 Å². The van der Waals surface area contributed by atoms with E-state index in [-0.39, 0.29) is 11.8 Å². The van der Waals surface area contributed by atoms with Gasteiger partial charge in [-0.3, -0.25) is 9.59 Å². The molecule has 1 N–H and O–H groups in total. The van der Waals surface area contributed by atoms with Gasteiger partial charge in [0.15, 0.2) is 0 Å². The lowest BCUT2D eigenvalue weighted by Crippen LogP contribution is -2.30. The predicted octanol–water partition coefficient (Wildman–Crippen LogP) is 5.65. The monoisotopic (exact) mass is 438 g/mol. The Kier molecular flexibility index (Phi) is 6.69. The molecule has 33 heavy (non-hydrogen) atoms. The molecule has 0 fully saturated rings. The van der Waals surface area contributed by atoms with Gasteiger partial charge in [-0.15, -0.1) is 0 Å². The van der Waals surface area contributed by atoms with Gasteiger partial charge in [-0.2, -0.15) is 0 Å². The van der Waals surface area contributed by atoms with Crippen LogP contribution in [0.4, 0.5) is 5.69 Å². The van der Waals surface area contributed by atoms with Gasteiger partial charge in [0.05, 0.1) is 7.11 Å². The van der Waals surface area contributed by atoms with Gasteiger partial charge in [0.25, 0.3) is 5.91 Å². The molecule has 166 valence electrons. The van der Waals surface area contributed by atoms with Crippen molar-refractivity contribution in [1.29, 1.82) is 0 Å². The highest BCUT2D eigenvalue weighted by Gasteiger charge is 2.18. The molecule has 4 rings (SSSR count). The minimum atomic E-state index is -0.176. The van der Waals surface area contributed by atoms with E-state index in [1.807, 2.05) is 47.4 Å². The third-order valence-corrected chi connectivity index (χ3v) is 5.49. The zero-order chi connectivity index (χ0) is 23.2. The average Bonchev–Trinajstić information content (AvgIpc) is 2.83. The van der Waals surface area contributed by atoms with E-state index in [0.29, 0.717) is 24.3 Å². The van der Waals surface area contributed by atoms with E-state index in [9.17, 15) is 9.59 Å². The van der Waals surface area contributed by atoms with Crippen LogP contribution >= 0.6 is 0 Å². The molecule has 0 spiro atoms. The Labute approximate surface area is 193 Å². The van der Waals surface area contributed by atoms with Crippen LogP contribution in [0, 0.1) is 0 Å². The number of anilines is 1. The predicted molar refractivity (Wildman–Crippen MR) is 131 cm³/mol. The standard InChI is InChI=1S/C28H26N2O3/c1-20(31)29-25-11-6-9-23(17-25)28(32)30(18-21-13-15-26(33-2)16-14-21)19-24-10-5-8-22-7-3-4-12-27(22)24/h3-17H,18-19H2,1-2H3,(H,29,31). The fourth-order valence-electron chi connectivity index (χ4n) is 3.90. The van der Waals surface area contributed by atoms with Crippen LogP contribution in [-0.4, -0.2) is 23.8 Å². The number of benzene rings is 4. The van der Waals surface area contributed by atoms with E-state index < -0.39 is 0 Å². The number of amides is 2. The molecule has 0 saturated carbocycles. The Morgan fingerprint density at radius 1 is 0.848 bits per heavy atom. The summed E-state index contributed by atoms with van der Waals surface area (Å²) >= 11 is 0. The molecule has 0 atom stereocenters. The van der Waals surface area contributed by atoms with Crippen LogP contribution in [0.2, 0.25) is 0 Å². The number of hydrogen-bond donors (Lipinski definition) is 1. The zero-order valence-corrected chi connectivity index (χ0v) is 18.7. The largest absolute Gasteiger partial charge is 0.497 e. The fraction of sp³-hybridized carbons (Fsp3) is 0.143. The first-order chi connectivity index (χ1) is 16.0. The average molecular weight is 439 g/mol.